The van der Waals surface area contributed by atoms with Gasteiger partial charge in [-0.2, -0.15) is 0 Å². The number of rotatable bonds is 6. The maximum absolute atomic E-state index is 12.7. The molecule has 1 aromatic carbocycles. The summed E-state index contributed by atoms with van der Waals surface area (Å²) in [5.41, 5.74) is -3.27. The summed E-state index contributed by atoms with van der Waals surface area (Å²) >= 11 is 0. The Kier molecular flexibility index (Phi) is 4.93. The fraction of sp³-hybridized carbons (Fsp3) is 0.696. The Balaban J connectivity index is 1.31. The summed E-state index contributed by atoms with van der Waals surface area (Å²) in [6.45, 7) is 0.878. The summed E-state index contributed by atoms with van der Waals surface area (Å²) in [4.78, 5) is 12.7. The normalized spacial score (nSPS) is 51.3. The molecule has 35 heavy (non-hydrogen) atoms. The summed E-state index contributed by atoms with van der Waals surface area (Å²) in [5, 5.41) is 61.2. The van der Waals surface area contributed by atoms with Gasteiger partial charge in [0.2, 0.25) is 0 Å². The number of phenolic OH excluding ortho intramolecular Hbond substituents is 1. The molecule has 0 amide bonds. The van der Waals surface area contributed by atoms with E-state index in [2.05, 4.69) is 0 Å². The quantitative estimate of drug-likeness (QED) is 0.247. The molecule has 0 aromatic heterocycles. The first-order chi connectivity index (χ1) is 16.5. The van der Waals surface area contributed by atoms with E-state index in [9.17, 15) is 35.4 Å². The van der Waals surface area contributed by atoms with Crippen LogP contribution in [-0.4, -0.2) is 104 Å². The van der Waals surface area contributed by atoms with E-state index in [1.807, 2.05) is 0 Å². The Hall–Kier alpha value is -1.87. The molecular formula is C23H28O12. The molecule has 8 rings (SSSR count). The van der Waals surface area contributed by atoms with Crippen LogP contribution < -0.4 is 0 Å². The summed E-state index contributed by atoms with van der Waals surface area (Å²) < 4.78 is 29.6. The van der Waals surface area contributed by atoms with Gasteiger partial charge in [0.15, 0.2) is 18.4 Å². The highest BCUT2D eigenvalue weighted by Gasteiger charge is 2.94. The van der Waals surface area contributed by atoms with E-state index >= 15 is 0 Å². The minimum atomic E-state index is -1.64. The van der Waals surface area contributed by atoms with Gasteiger partial charge in [0.05, 0.1) is 17.6 Å². The zero-order valence-electron chi connectivity index (χ0n) is 18.8. The third-order valence-corrected chi connectivity index (χ3v) is 8.66. The minimum Gasteiger partial charge on any atom is -0.508 e. The van der Waals surface area contributed by atoms with Gasteiger partial charge in [-0.3, -0.25) is 0 Å². The van der Waals surface area contributed by atoms with Crippen molar-refractivity contribution in [3.8, 4) is 5.75 Å². The molecule has 0 spiro atoms. The number of carbonyl (C=O) groups is 1. The molecule has 3 aliphatic carbocycles. The second-order valence-electron chi connectivity index (χ2n) is 10.4. The first kappa shape index (κ1) is 23.5. The SMILES string of the molecule is C[C@]12C[C@]3(O)O[C@H](O1)[C@@]1(COC(=O)c4ccc(O)cc4)[C@@H]3C[C@]12O[C@H]1O[C@H](CO)[C@@H](O)[C@@H](O)[C@@H]1O. The summed E-state index contributed by atoms with van der Waals surface area (Å²) in [6.07, 6.45) is -8.10. The van der Waals surface area contributed by atoms with E-state index in [1.165, 1.54) is 24.3 Å². The molecule has 11 atom stereocenters. The number of aliphatic hydroxyl groups is 5. The van der Waals surface area contributed by atoms with Crippen LogP contribution in [-0.2, 0) is 23.7 Å². The minimum absolute atomic E-state index is 0.00282. The van der Waals surface area contributed by atoms with Crippen molar-refractivity contribution >= 4 is 5.97 Å². The van der Waals surface area contributed by atoms with Crippen LogP contribution in [0, 0.1) is 11.3 Å². The van der Waals surface area contributed by atoms with E-state index in [0.717, 1.165) is 0 Å². The summed E-state index contributed by atoms with van der Waals surface area (Å²) in [6, 6.07) is 5.54. The average Bonchev–Trinajstić information content (AvgIpc) is 3.00. The number of hydrogen-bond acceptors (Lipinski definition) is 12. The lowest BCUT2D eigenvalue weighted by atomic mass is 9.41. The van der Waals surface area contributed by atoms with Crippen LogP contribution in [0.2, 0.25) is 0 Å². The topological polar surface area (TPSA) is 185 Å². The molecule has 7 aliphatic rings. The maximum Gasteiger partial charge on any atom is 0.338 e. The molecule has 4 heterocycles. The van der Waals surface area contributed by atoms with Crippen molar-refractivity contribution in [3.05, 3.63) is 29.8 Å². The average molecular weight is 496 g/mol. The van der Waals surface area contributed by atoms with E-state index in [1.54, 1.807) is 6.92 Å². The van der Waals surface area contributed by atoms with Gasteiger partial charge in [-0.25, -0.2) is 4.79 Å². The molecule has 4 saturated heterocycles. The molecule has 6 bridgehead atoms. The predicted octanol–water partition coefficient (Wildman–Crippen LogP) is -1.65. The zero-order chi connectivity index (χ0) is 25.0. The number of aliphatic hydroxyl groups excluding tert-OH is 4. The van der Waals surface area contributed by atoms with Gasteiger partial charge >= 0.3 is 5.97 Å². The fourth-order valence-corrected chi connectivity index (χ4v) is 6.90. The van der Waals surface area contributed by atoms with Crippen LogP contribution in [0.15, 0.2) is 24.3 Å². The molecule has 192 valence electrons. The monoisotopic (exact) mass is 496 g/mol. The van der Waals surface area contributed by atoms with E-state index in [-0.39, 0.29) is 30.8 Å². The Labute approximate surface area is 199 Å². The fourth-order valence-electron chi connectivity index (χ4n) is 6.90. The largest absolute Gasteiger partial charge is 0.508 e. The van der Waals surface area contributed by atoms with Gasteiger partial charge in [0.25, 0.3) is 0 Å². The van der Waals surface area contributed by atoms with Crippen molar-refractivity contribution < 1.29 is 59.1 Å². The first-order valence-corrected chi connectivity index (χ1v) is 11.5. The number of benzene rings is 1. The number of esters is 1. The number of phenols is 1. The highest BCUT2D eigenvalue weighted by atomic mass is 16.8. The number of ether oxygens (including phenoxy) is 5. The smallest absolute Gasteiger partial charge is 0.338 e. The van der Waals surface area contributed by atoms with E-state index in [0.29, 0.717) is 0 Å². The first-order valence-electron chi connectivity index (χ1n) is 11.5. The number of hydrogen-bond donors (Lipinski definition) is 6. The highest BCUT2D eigenvalue weighted by Crippen LogP contribution is 2.81. The van der Waals surface area contributed by atoms with Crippen LogP contribution in [0.25, 0.3) is 0 Å². The molecule has 12 nitrogen and oxygen atoms in total. The van der Waals surface area contributed by atoms with Crippen molar-refractivity contribution in [2.75, 3.05) is 13.2 Å². The van der Waals surface area contributed by atoms with Crippen LogP contribution in [0.3, 0.4) is 0 Å². The highest BCUT2D eigenvalue weighted by molar-refractivity contribution is 5.89. The number of aromatic hydroxyl groups is 1. The van der Waals surface area contributed by atoms with Gasteiger partial charge in [0.1, 0.15) is 48.0 Å². The lowest BCUT2D eigenvalue weighted by molar-refractivity contribution is -0.424. The zero-order valence-corrected chi connectivity index (χ0v) is 18.8. The second-order valence-corrected chi connectivity index (χ2v) is 10.4. The predicted molar refractivity (Wildman–Crippen MR) is 110 cm³/mol. The van der Waals surface area contributed by atoms with E-state index < -0.39 is 77.9 Å². The molecule has 6 N–H and O–H groups in total. The van der Waals surface area contributed by atoms with Gasteiger partial charge in [-0.1, -0.05) is 0 Å². The Bertz CT molecular complexity index is 1030. The third-order valence-electron chi connectivity index (χ3n) is 8.66. The molecule has 7 fully saturated rings. The summed E-state index contributed by atoms with van der Waals surface area (Å²) in [5.74, 6) is -2.68. The van der Waals surface area contributed by atoms with Gasteiger partial charge in [0, 0.05) is 12.3 Å². The lowest BCUT2D eigenvalue weighted by Gasteiger charge is -2.67. The molecule has 1 aromatic rings. The molecule has 12 heteroatoms. The Morgan fingerprint density at radius 2 is 1.83 bits per heavy atom. The third kappa shape index (κ3) is 2.80. The van der Waals surface area contributed by atoms with Crippen molar-refractivity contribution in [1.29, 1.82) is 0 Å². The van der Waals surface area contributed by atoms with Crippen LogP contribution in [0.5, 0.6) is 5.75 Å². The molecule has 3 saturated carbocycles. The Morgan fingerprint density at radius 3 is 2.51 bits per heavy atom. The van der Waals surface area contributed by atoms with Gasteiger partial charge < -0.3 is 54.3 Å². The van der Waals surface area contributed by atoms with Gasteiger partial charge in [-0.15, -0.1) is 0 Å². The molecule has 0 radical (unpaired) electrons. The van der Waals surface area contributed by atoms with E-state index in [4.69, 9.17) is 23.7 Å². The Morgan fingerprint density at radius 1 is 1.11 bits per heavy atom. The van der Waals surface area contributed by atoms with Crippen LogP contribution in [0.1, 0.15) is 30.1 Å². The second kappa shape index (κ2) is 7.34. The van der Waals surface area contributed by atoms with Crippen molar-refractivity contribution in [2.45, 2.75) is 73.8 Å². The van der Waals surface area contributed by atoms with Crippen LogP contribution >= 0.6 is 0 Å². The van der Waals surface area contributed by atoms with Crippen molar-refractivity contribution in [1.82, 2.24) is 0 Å². The summed E-state index contributed by atoms with van der Waals surface area (Å²) in [7, 11) is 0. The molecule has 4 aliphatic heterocycles. The van der Waals surface area contributed by atoms with Gasteiger partial charge in [-0.05, 0) is 37.6 Å². The van der Waals surface area contributed by atoms with Crippen molar-refractivity contribution in [3.63, 3.8) is 0 Å². The number of carbonyl (C=O) groups excluding carboxylic acids is 1. The molecule has 0 unspecified atom stereocenters. The standard InChI is InChI=1S/C23H28O12/c1-20-8-22(30)13-6-23(20,33-18-16(28)15(27)14(26)12(7-24)32-18)21(13,19(34-20)35-22)9-31-17(29)10-2-4-11(25)5-3-10/h2-5,12-16,18-19,24-28,30H,6-9H2,1H3/t12-,13+,14-,15-,16+,18-,19+,20-,21-,22+,23-/m1/s1. The van der Waals surface area contributed by atoms with Crippen LogP contribution in [0.4, 0.5) is 0 Å². The molecular weight excluding hydrogens is 468 g/mol. The lowest BCUT2D eigenvalue weighted by Crippen LogP contribution is -2.80. The maximum atomic E-state index is 12.7. The van der Waals surface area contributed by atoms with Crippen molar-refractivity contribution in [2.24, 2.45) is 11.3 Å².